The van der Waals surface area contributed by atoms with Crippen molar-refractivity contribution in [1.82, 2.24) is 10.6 Å². The number of amides is 1. The maximum absolute atomic E-state index is 13.7. The molecule has 2 aromatic rings. The summed E-state index contributed by atoms with van der Waals surface area (Å²) < 4.78 is 27.3. The van der Waals surface area contributed by atoms with Crippen molar-refractivity contribution < 1.29 is 18.4 Å². The molecule has 1 saturated heterocycles. The number of aryl methyl sites for hydroxylation is 1. The van der Waals surface area contributed by atoms with Crippen LogP contribution in [-0.2, 0) is 22.4 Å². The van der Waals surface area contributed by atoms with E-state index in [1.54, 1.807) is 36.4 Å². The molecule has 3 rings (SSSR count). The van der Waals surface area contributed by atoms with Gasteiger partial charge in [0.15, 0.2) is 0 Å². The van der Waals surface area contributed by atoms with Gasteiger partial charge in [-0.05, 0) is 42.5 Å². The fourth-order valence-electron chi connectivity index (χ4n) is 3.78. The highest BCUT2D eigenvalue weighted by molar-refractivity contribution is 5.89. The molecule has 1 fully saturated rings. The van der Waals surface area contributed by atoms with Crippen molar-refractivity contribution in [1.29, 1.82) is 0 Å². The summed E-state index contributed by atoms with van der Waals surface area (Å²) >= 11 is 0. The van der Waals surface area contributed by atoms with E-state index in [0.29, 0.717) is 56.4 Å². The highest BCUT2D eigenvalue weighted by atomic mass is 19.1. The molecule has 0 aliphatic carbocycles. The van der Waals surface area contributed by atoms with Gasteiger partial charge in [-0.2, -0.15) is 0 Å². The summed E-state index contributed by atoms with van der Waals surface area (Å²) in [4.78, 5) is 25.1. The number of hydrogen-bond acceptors (Lipinski definition) is 3. The van der Waals surface area contributed by atoms with Crippen LogP contribution >= 0.6 is 0 Å². The lowest BCUT2D eigenvalue weighted by atomic mass is 9.88. The van der Waals surface area contributed by atoms with Gasteiger partial charge in [0.05, 0.1) is 5.92 Å². The molecule has 1 aliphatic rings. The van der Waals surface area contributed by atoms with Gasteiger partial charge in [-0.3, -0.25) is 9.59 Å². The molecule has 0 aromatic heterocycles. The topological polar surface area (TPSA) is 58.2 Å². The van der Waals surface area contributed by atoms with Crippen molar-refractivity contribution in [2.75, 3.05) is 19.6 Å². The van der Waals surface area contributed by atoms with E-state index >= 15 is 0 Å². The Bertz CT molecular complexity index is 787. The zero-order chi connectivity index (χ0) is 20.6. The van der Waals surface area contributed by atoms with Gasteiger partial charge in [-0.15, -0.1) is 0 Å². The second-order valence-electron chi connectivity index (χ2n) is 7.41. The summed E-state index contributed by atoms with van der Waals surface area (Å²) in [6, 6.07) is 13.0. The molecule has 4 nitrogen and oxygen atoms in total. The Labute approximate surface area is 169 Å². The molecule has 1 aliphatic heterocycles. The molecule has 2 N–H and O–H groups in total. The van der Waals surface area contributed by atoms with E-state index in [9.17, 15) is 18.4 Å². The van der Waals surface area contributed by atoms with E-state index in [2.05, 4.69) is 10.6 Å². The van der Waals surface area contributed by atoms with Crippen molar-refractivity contribution >= 4 is 11.7 Å². The van der Waals surface area contributed by atoms with Crippen LogP contribution in [0.4, 0.5) is 8.78 Å². The number of Topliss-reactive ketones (excluding diaryl/α,β-unsaturated/α-hetero) is 1. The zero-order valence-electron chi connectivity index (χ0n) is 16.3. The second kappa shape index (κ2) is 10.3. The summed E-state index contributed by atoms with van der Waals surface area (Å²) in [5.74, 6) is -1.48. The van der Waals surface area contributed by atoms with Gasteiger partial charge in [0.1, 0.15) is 17.4 Å². The fourth-order valence-corrected chi connectivity index (χ4v) is 3.78. The predicted molar refractivity (Wildman–Crippen MR) is 107 cm³/mol. The maximum Gasteiger partial charge on any atom is 0.225 e. The van der Waals surface area contributed by atoms with E-state index in [0.717, 1.165) is 0 Å². The summed E-state index contributed by atoms with van der Waals surface area (Å²) in [6.07, 6.45) is 1.77. The SMILES string of the molecule is O=C(CCCc1ccccc1F)[C@@H]1CNC[C@H]1C(=O)NCCc1ccccc1F. The molecule has 0 saturated carbocycles. The molecule has 6 heteroatoms. The van der Waals surface area contributed by atoms with Crippen LogP contribution in [0.1, 0.15) is 24.0 Å². The lowest BCUT2D eigenvalue weighted by molar-refractivity contribution is -0.131. The number of rotatable bonds is 9. The van der Waals surface area contributed by atoms with Crippen molar-refractivity contribution in [2.45, 2.75) is 25.7 Å². The molecule has 1 heterocycles. The van der Waals surface area contributed by atoms with Gasteiger partial charge in [0.2, 0.25) is 5.91 Å². The van der Waals surface area contributed by atoms with E-state index in [1.165, 1.54) is 12.1 Å². The van der Waals surface area contributed by atoms with Gasteiger partial charge in [-0.25, -0.2) is 8.78 Å². The molecule has 0 spiro atoms. The monoisotopic (exact) mass is 400 g/mol. The minimum atomic E-state index is -0.420. The van der Waals surface area contributed by atoms with Crippen LogP contribution < -0.4 is 10.6 Å². The first-order valence-corrected chi connectivity index (χ1v) is 10.0. The van der Waals surface area contributed by atoms with Gasteiger partial charge < -0.3 is 10.6 Å². The Hall–Kier alpha value is -2.60. The summed E-state index contributed by atoms with van der Waals surface area (Å²) in [6.45, 7) is 1.25. The Morgan fingerprint density at radius 2 is 1.48 bits per heavy atom. The number of ketones is 1. The number of halogens is 2. The molecule has 0 radical (unpaired) electrons. The average Bonchev–Trinajstić information content (AvgIpc) is 3.21. The largest absolute Gasteiger partial charge is 0.355 e. The molecule has 0 unspecified atom stereocenters. The Kier molecular flexibility index (Phi) is 7.47. The Morgan fingerprint density at radius 1 is 0.897 bits per heavy atom. The third-order valence-corrected chi connectivity index (χ3v) is 5.44. The highest BCUT2D eigenvalue weighted by Gasteiger charge is 2.36. The third kappa shape index (κ3) is 5.70. The van der Waals surface area contributed by atoms with Crippen LogP contribution in [0.2, 0.25) is 0 Å². The normalized spacial score (nSPS) is 18.6. The quantitative estimate of drug-likeness (QED) is 0.680. The van der Waals surface area contributed by atoms with E-state index in [-0.39, 0.29) is 29.2 Å². The number of benzene rings is 2. The van der Waals surface area contributed by atoms with Crippen LogP contribution in [0.3, 0.4) is 0 Å². The standard InChI is InChI=1S/C23H26F2N2O2/c24-20-9-3-1-6-16(20)8-5-11-22(28)18-14-26-15-19(18)23(29)27-13-12-17-7-2-4-10-21(17)25/h1-4,6-7,9-10,18-19,26H,5,8,11-15H2,(H,27,29)/t18-,19-/m1/s1. The van der Waals surface area contributed by atoms with E-state index < -0.39 is 5.92 Å². The third-order valence-electron chi connectivity index (χ3n) is 5.44. The highest BCUT2D eigenvalue weighted by Crippen LogP contribution is 2.21. The van der Waals surface area contributed by atoms with Gasteiger partial charge in [0.25, 0.3) is 0 Å². The van der Waals surface area contributed by atoms with E-state index in [4.69, 9.17) is 0 Å². The number of carbonyl (C=O) groups is 2. The molecular formula is C23H26F2N2O2. The van der Waals surface area contributed by atoms with Crippen LogP contribution in [-0.4, -0.2) is 31.3 Å². The molecular weight excluding hydrogens is 374 g/mol. The van der Waals surface area contributed by atoms with Crippen LogP contribution in [0.25, 0.3) is 0 Å². The molecule has 2 aromatic carbocycles. The minimum absolute atomic E-state index is 0.0283. The number of hydrogen-bond donors (Lipinski definition) is 2. The maximum atomic E-state index is 13.7. The van der Waals surface area contributed by atoms with Crippen molar-refractivity contribution in [3.63, 3.8) is 0 Å². The Morgan fingerprint density at radius 3 is 2.14 bits per heavy atom. The molecule has 1 amide bonds. The smallest absolute Gasteiger partial charge is 0.225 e. The van der Waals surface area contributed by atoms with E-state index in [1.807, 2.05) is 0 Å². The van der Waals surface area contributed by atoms with Crippen molar-refractivity contribution in [3.8, 4) is 0 Å². The van der Waals surface area contributed by atoms with Crippen LogP contribution in [0.15, 0.2) is 48.5 Å². The first-order chi connectivity index (χ1) is 14.1. The first kappa shape index (κ1) is 21.1. The van der Waals surface area contributed by atoms with Crippen LogP contribution in [0, 0.1) is 23.5 Å². The number of nitrogens with one attached hydrogen (secondary N) is 2. The lowest BCUT2D eigenvalue weighted by Crippen LogP contribution is -2.38. The fraction of sp³-hybridized carbons (Fsp3) is 0.391. The molecule has 2 atom stereocenters. The Balaban J connectivity index is 1.45. The summed E-state index contributed by atoms with van der Waals surface area (Å²) in [5, 5.41) is 5.94. The lowest BCUT2D eigenvalue weighted by Gasteiger charge is -2.17. The molecule has 0 bridgehead atoms. The minimum Gasteiger partial charge on any atom is -0.355 e. The van der Waals surface area contributed by atoms with Crippen LogP contribution in [0.5, 0.6) is 0 Å². The number of carbonyl (C=O) groups excluding carboxylic acids is 2. The zero-order valence-corrected chi connectivity index (χ0v) is 16.3. The molecule has 29 heavy (non-hydrogen) atoms. The molecule has 154 valence electrons. The van der Waals surface area contributed by atoms with Gasteiger partial charge in [-0.1, -0.05) is 36.4 Å². The van der Waals surface area contributed by atoms with Gasteiger partial charge in [0, 0.05) is 32.0 Å². The predicted octanol–water partition coefficient (Wildman–Crippen LogP) is 3.05. The average molecular weight is 400 g/mol. The summed E-state index contributed by atoms with van der Waals surface area (Å²) in [5.41, 5.74) is 1.16. The van der Waals surface area contributed by atoms with Crippen molar-refractivity contribution in [3.05, 3.63) is 71.3 Å². The second-order valence-corrected chi connectivity index (χ2v) is 7.41. The first-order valence-electron chi connectivity index (χ1n) is 10.0. The van der Waals surface area contributed by atoms with Gasteiger partial charge >= 0.3 is 0 Å². The van der Waals surface area contributed by atoms with Crippen molar-refractivity contribution in [2.24, 2.45) is 11.8 Å². The summed E-state index contributed by atoms with van der Waals surface area (Å²) in [7, 11) is 0.